The summed E-state index contributed by atoms with van der Waals surface area (Å²) in [5, 5.41) is 3.83. The summed E-state index contributed by atoms with van der Waals surface area (Å²) in [5.41, 5.74) is 5.84. The third kappa shape index (κ3) is 5.42. The third-order valence-electron chi connectivity index (χ3n) is 2.78. The first kappa shape index (κ1) is 15.7. The highest BCUT2D eigenvalue weighted by atomic mass is 79.9. The number of carbonyl (C=O) groups excluding carboxylic acids is 2. The Hall–Kier alpha value is -1.36. The lowest BCUT2D eigenvalue weighted by atomic mass is 10.1. The molecule has 0 fully saturated rings. The van der Waals surface area contributed by atoms with Gasteiger partial charge in [-0.2, -0.15) is 0 Å². The molecule has 1 rings (SSSR count). The molecule has 0 heterocycles. The van der Waals surface area contributed by atoms with Gasteiger partial charge < -0.3 is 11.1 Å². The van der Waals surface area contributed by atoms with Gasteiger partial charge in [-0.3, -0.25) is 9.59 Å². The molecule has 104 valence electrons. The topological polar surface area (TPSA) is 72.2 Å². The lowest BCUT2D eigenvalue weighted by molar-refractivity contribution is 0.0935. The monoisotopic (exact) mass is 326 g/mol. The van der Waals surface area contributed by atoms with Crippen LogP contribution < -0.4 is 11.1 Å². The second-order valence-electron chi connectivity index (χ2n) is 4.27. The summed E-state index contributed by atoms with van der Waals surface area (Å²) in [6.07, 6.45) is 4.33. The summed E-state index contributed by atoms with van der Waals surface area (Å²) in [6, 6.07) is 6.59. The van der Waals surface area contributed by atoms with Crippen molar-refractivity contribution < 1.29 is 9.59 Å². The zero-order valence-electron chi connectivity index (χ0n) is 10.8. The standard InChI is InChI=1S/C14H19BrN2O2/c15-9-5-1-2-6-10-17-14(19)12-8-4-3-7-11(12)13(16)18/h3-4,7-8H,1-2,5-6,9-10H2,(H2,16,18)(H,17,19). The van der Waals surface area contributed by atoms with Crippen LogP contribution in [0.2, 0.25) is 0 Å². The first-order valence-corrected chi connectivity index (χ1v) is 7.52. The number of amides is 2. The van der Waals surface area contributed by atoms with Crippen molar-refractivity contribution in [2.75, 3.05) is 11.9 Å². The largest absolute Gasteiger partial charge is 0.366 e. The molecule has 0 bridgehead atoms. The molecule has 0 unspecified atom stereocenters. The van der Waals surface area contributed by atoms with Crippen LogP contribution >= 0.6 is 15.9 Å². The number of nitrogens with two attached hydrogens (primary N) is 1. The van der Waals surface area contributed by atoms with Gasteiger partial charge in [-0.25, -0.2) is 0 Å². The number of nitrogens with one attached hydrogen (secondary N) is 1. The smallest absolute Gasteiger partial charge is 0.252 e. The fourth-order valence-corrected chi connectivity index (χ4v) is 2.16. The van der Waals surface area contributed by atoms with E-state index in [1.807, 2.05) is 0 Å². The molecular formula is C14H19BrN2O2. The van der Waals surface area contributed by atoms with E-state index in [-0.39, 0.29) is 11.5 Å². The molecule has 0 aliphatic heterocycles. The summed E-state index contributed by atoms with van der Waals surface area (Å²) in [6.45, 7) is 0.619. The summed E-state index contributed by atoms with van der Waals surface area (Å²) in [7, 11) is 0. The van der Waals surface area contributed by atoms with Crippen molar-refractivity contribution in [3.05, 3.63) is 35.4 Å². The first-order valence-electron chi connectivity index (χ1n) is 6.40. The number of unbranched alkanes of at least 4 members (excludes halogenated alkanes) is 3. The van der Waals surface area contributed by atoms with Crippen LogP contribution in [-0.2, 0) is 0 Å². The van der Waals surface area contributed by atoms with Crippen molar-refractivity contribution in [2.45, 2.75) is 25.7 Å². The molecule has 0 atom stereocenters. The lowest BCUT2D eigenvalue weighted by Crippen LogP contribution is -2.27. The van der Waals surface area contributed by atoms with E-state index in [2.05, 4.69) is 21.2 Å². The molecule has 0 aromatic heterocycles. The first-order chi connectivity index (χ1) is 9.16. The van der Waals surface area contributed by atoms with Gasteiger partial charge in [0.05, 0.1) is 11.1 Å². The SMILES string of the molecule is NC(=O)c1ccccc1C(=O)NCCCCCCBr. The second-order valence-corrected chi connectivity index (χ2v) is 5.06. The van der Waals surface area contributed by atoms with Gasteiger partial charge in [0.15, 0.2) is 0 Å². The molecule has 0 saturated carbocycles. The Bertz CT molecular complexity index is 435. The van der Waals surface area contributed by atoms with Crippen LogP contribution in [-0.4, -0.2) is 23.7 Å². The Morgan fingerprint density at radius 1 is 1.05 bits per heavy atom. The summed E-state index contributed by atoms with van der Waals surface area (Å²) in [5.74, 6) is -0.821. The van der Waals surface area contributed by atoms with E-state index in [0.29, 0.717) is 12.1 Å². The van der Waals surface area contributed by atoms with Crippen LogP contribution in [0.5, 0.6) is 0 Å². The van der Waals surface area contributed by atoms with Gasteiger partial charge >= 0.3 is 0 Å². The molecular weight excluding hydrogens is 308 g/mol. The zero-order chi connectivity index (χ0) is 14.1. The predicted molar refractivity (Wildman–Crippen MR) is 79.6 cm³/mol. The van der Waals surface area contributed by atoms with Gasteiger partial charge in [-0.15, -0.1) is 0 Å². The minimum atomic E-state index is -0.580. The van der Waals surface area contributed by atoms with Gasteiger partial charge in [-0.1, -0.05) is 40.9 Å². The Kier molecular flexibility index (Phi) is 7.18. The van der Waals surface area contributed by atoms with Crippen LogP contribution in [0, 0.1) is 0 Å². The maximum atomic E-state index is 11.9. The Morgan fingerprint density at radius 3 is 2.32 bits per heavy atom. The van der Waals surface area contributed by atoms with Crippen molar-refractivity contribution in [2.24, 2.45) is 5.73 Å². The lowest BCUT2D eigenvalue weighted by Gasteiger charge is -2.07. The Labute approximate surface area is 121 Å². The number of carbonyl (C=O) groups is 2. The number of alkyl halides is 1. The van der Waals surface area contributed by atoms with E-state index < -0.39 is 5.91 Å². The van der Waals surface area contributed by atoms with Gasteiger partial charge in [0.1, 0.15) is 0 Å². The normalized spacial score (nSPS) is 10.2. The molecule has 1 aromatic rings. The fraction of sp³-hybridized carbons (Fsp3) is 0.429. The molecule has 0 aliphatic rings. The van der Waals surface area contributed by atoms with E-state index in [9.17, 15) is 9.59 Å². The molecule has 0 spiro atoms. The van der Waals surface area contributed by atoms with Crippen molar-refractivity contribution in [1.82, 2.24) is 5.32 Å². The third-order valence-corrected chi connectivity index (χ3v) is 3.34. The molecule has 0 aliphatic carbocycles. The maximum absolute atomic E-state index is 11.9. The number of halogens is 1. The number of rotatable bonds is 8. The Morgan fingerprint density at radius 2 is 1.68 bits per heavy atom. The number of benzene rings is 1. The van der Waals surface area contributed by atoms with E-state index in [1.165, 1.54) is 0 Å². The number of primary amides is 1. The minimum absolute atomic E-state index is 0.241. The summed E-state index contributed by atoms with van der Waals surface area (Å²) >= 11 is 3.38. The average Bonchev–Trinajstić information content (AvgIpc) is 2.42. The van der Waals surface area contributed by atoms with Crippen molar-refractivity contribution in [1.29, 1.82) is 0 Å². The molecule has 19 heavy (non-hydrogen) atoms. The number of hydrogen-bond donors (Lipinski definition) is 2. The van der Waals surface area contributed by atoms with E-state index >= 15 is 0 Å². The van der Waals surface area contributed by atoms with Crippen LogP contribution in [0.15, 0.2) is 24.3 Å². The predicted octanol–water partition coefficient (Wildman–Crippen LogP) is 2.47. The molecule has 5 heteroatoms. The van der Waals surface area contributed by atoms with E-state index in [1.54, 1.807) is 24.3 Å². The van der Waals surface area contributed by atoms with Crippen molar-refractivity contribution in [3.8, 4) is 0 Å². The zero-order valence-corrected chi connectivity index (χ0v) is 12.4. The van der Waals surface area contributed by atoms with Crippen molar-refractivity contribution in [3.63, 3.8) is 0 Å². The quantitative estimate of drug-likeness (QED) is 0.569. The summed E-state index contributed by atoms with van der Waals surface area (Å²) in [4.78, 5) is 23.1. The fourth-order valence-electron chi connectivity index (χ4n) is 1.77. The minimum Gasteiger partial charge on any atom is -0.366 e. The van der Waals surface area contributed by atoms with Gasteiger partial charge in [-0.05, 0) is 25.0 Å². The summed E-state index contributed by atoms with van der Waals surface area (Å²) < 4.78 is 0. The molecule has 3 N–H and O–H groups in total. The number of hydrogen-bond acceptors (Lipinski definition) is 2. The van der Waals surface area contributed by atoms with Gasteiger partial charge in [0, 0.05) is 11.9 Å². The highest BCUT2D eigenvalue weighted by Crippen LogP contribution is 2.08. The molecule has 0 saturated heterocycles. The Balaban J connectivity index is 2.43. The van der Waals surface area contributed by atoms with E-state index in [0.717, 1.165) is 31.0 Å². The van der Waals surface area contributed by atoms with Crippen LogP contribution in [0.3, 0.4) is 0 Å². The van der Waals surface area contributed by atoms with E-state index in [4.69, 9.17) is 5.73 Å². The molecule has 2 amide bonds. The van der Waals surface area contributed by atoms with Crippen molar-refractivity contribution >= 4 is 27.7 Å². The average molecular weight is 327 g/mol. The van der Waals surface area contributed by atoms with Crippen LogP contribution in [0.1, 0.15) is 46.4 Å². The van der Waals surface area contributed by atoms with Gasteiger partial charge in [0.2, 0.25) is 5.91 Å². The second kappa shape index (κ2) is 8.69. The maximum Gasteiger partial charge on any atom is 0.252 e. The molecule has 4 nitrogen and oxygen atoms in total. The highest BCUT2D eigenvalue weighted by Gasteiger charge is 2.13. The van der Waals surface area contributed by atoms with Gasteiger partial charge in [0.25, 0.3) is 5.91 Å². The molecule has 0 radical (unpaired) electrons. The molecule has 1 aromatic carbocycles. The van der Waals surface area contributed by atoms with Crippen LogP contribution in [0.4, 0.5) is 0 Å². The highest BCUT2D eigenvalue weighted by molar-refractivity contribution is 9.09. The van der Waals surface area contributed by atoms with Crippen LogP contribution in [0.25, 0.3) is 0 Å².